The molecular formula is C18H25F3N4O2. The molecule has 1 fully saturated rings. The van der Waals surface area contributed by atoms with Gasteiger partial charge in [0.05, 0.1) is 12.1 Å². The van der Waals surface area contributed by atoms with E-state index >= 15 is 0 Å². The van der Waals surface area contributed by atoms with Crippen LogP contribution in [0.2, 0.25) is 0 Å². The van der Waals surface area contributed by atoms with Crippen LogP contribution in [0.3, 0.4) is 0 Å². The average molecular weight is 386 g/mol. The number of nitrogens with zero attached hydrogens (tertiary/aromatic N) is 3. The van der Waals surface area contributed by atoms with Gasteiger partial charge in [0.2, 0.25) is 11.8 Å². The van der Waals surface area contributed by atoms with Crippen LogP contribution in [0.4, 0.5) is 19.0 Å². The third kappa shape index (κ3) is 5.83. The van der Waals surface area contributed by atoms with E-state index in [9.17, 15) is 22.8 Å². The van der Waals surface area contributed by atoms with Gasteiger partial charge in [-0.2, -0.15) is 13.2 Å². The van der Waals surface area contributed by atoms with Crippen LogP contribution in [-0.2, 0) is 15.8 Å². The Kier molecular flexibility index (Phi) is 6.67. The van der Waals surface area contributed by atoms with Crippen molar-refractivity contribution in [3.63, 3.8) is 0 Å². The summed E-state index contributed by atoms with van der Waals surface area (Å²) in [7, 11) is 1.60. The van der Waals surface area contributed by atoms with Crippen LogP contribution >= 0.6 is 0 Å². The van der Waals surface area contributed by atoms with Crippen molar-refractivity contribution < 1.29 is 22.8 Å². The molecule has 0 spiro atoms. The van der Waals surface area contributed by atoms with Crippen LogP contribution in [0.1, 0.15) is 32.3 Å². The normalized spacial score (nSPS) is 15.7. The molecule has 6 nitrogen and oxygen atoms in total. The minimum atomic E-state index is -4.41. The molecule has 0 unspecified atom stereocenters. The van der Waals surface area contributed by atoms with Gasteiger partial charge in [0.1, 0.15) is 5.82 Å². The Hall–Kier alpha value is -2.32. The molecule has 1 aromatic heterocycles. The second-order valence-electron chi connectivity index (χ2n) is 7.08. The van der Waals surface area contributed by atoms with Gasteiger partial charge in [0.15, 0.2) is 0 Å². The van der Waals surface area contributed by atoms with E-state index in [0.29, 0.717) is 31.7 Å². The van der Waals surface area contributed by atoms with Crippen molar-refractivity contribution >= 4 is 17.6 Å². The van der Waals surface area contributed by atoms with Gasteiger partial charge in [-0.05, 0) is 38.8 Å². The Morgan fingerprint density at radius 1 is 1.30 bits per heavy atom. The molecule has 1 N–H and O–H groups in total. The van der Waals surface area contributed by atoms with Crippen molar-refractivity contribution in [2.45, 2.75) is 38.9 Å². The largest absolute Gasteiger partial charge is 0.417 e. The topological polar surface area (TPSA) is 65.5 Å². The minimum absolute atomic E-state index is 0.0116. The van der Waals surface area contributed by atoms with Gasteiger partial charge in [0, 0.05) is 38.3 Å². The number of carbonyl (C=O) groups excluding carboxylic acids is 2. The highest BCUT2D eigenvalue weighted by atomic mass is 19.4. The summed E-state index contributed by atoms with van der Waals surface area (Å²) in [5.41, 5.74) is -0.780. The summed E-state index contributed by atoms with van der Waals surface area (Å²) in [5.74, 6) is -0.0210. The van der Waals surface area contributed by atoms with Gasteiger partial charge >= 0.3 is 6.18 Å². The summed E-state index contributed by atoms with van der Waals surface area (Å²) < 4.78 is 37.8. The summed E-state index contributed by atoms with van der Waals surface area (Å²) in [6, 6.07) is 2.38. The second-order valence-corrected chi connectivity index (χ2v) is 7.08. The Morgan fingerprint density at radius 2 is 1.93 bits per heavy atom. The number of halogens is 3. The lowest BCUT2D eigenvalue weighted by atomic mass is 9.95. The van der Waals surface area contributed by atoms with E-state index < -0.39 is 11.7 Å². The lowest BCUT2D eigenvalue weighted by molar-refractivity contribution is -0.138. The highest BCUT2D eigenvalue weighted by molar-refractivity contribution is 5.86. The summed E-state index contributed by atoms with van der Waals surface area (Å²) in [6.07, 6.45) is -2.44. The van der Waals surface area contributed by atoms with Gasteiger partial charge < -0.3 is 15.1 Å². The molecule has 0 atom stereocenters. The van der Waals surface area contributed by atoms with Crippen LogP contribution in [0.5, 0.6) is 0 Å². The van der Waals surface area contributed by atoms with Crippen LogP contribution in [0.25, 0.3) is 0 Å². The number of likely N-dealkylation sites (N-methyl/N-ethyl adjacent to an activating group) is 1. The molecule has 0 aromatic carbocycles. The number of hydrogen-bond acceptors (Lipinski definition) is 4. The number of alkyl halides is 3. The third-order valence-corrected chi connectivity index (χ3v) is 4.45. The maximum Gasteiger partial charge on any atom is 0.417 e. The lowest BCUT2D eigenvalue weighted by Crippen LogP contribution is -2.45. The molecular weight excluding hydrogens is 361 g/mol. The minimum Gasteiger partial charge on any atom is -0.357 e. The zero-order chi connectivity index (χ0) is 20.2. The fourth-order valence-electron chi connectivity index (χ4n) is 3.07. The van der Waals surface area contributed by atoms with Gasteiger partial charge in [0.25, 0.3) is 0 Å². The van der Waals surface area contributed by atoms with E-state index in [-0.39, 0.29) is 30.3 Å². The number of pyridine rings is 1. The van der Waals surface area contributed by atoms with E-state index in [1.165, 1.54) is 11.0 Å². The first-order chi connectivity index (χ1) is 12.6. The predicted octanol–water partition coefficient (Wildman–Crippen LogP) is 2.30. The number of rotatable bonds is 5. The summed E-state index contributed by atoms with van der Waals surface area (Å²) >= 11 is 0. The van der Waals surface area contributed by atoms with Crippen LogP contribution < -0.4 is 10.2 Å². The van der Waals surface area contributed by atoms with E-state index in [1.54, 1.807) is 7.05 Å². The fraction of sp³-hybridized carbons (Fsp3) is 0.611. The Balaban J connectivity index is 1.87. The molecule has 27 heavy (non-hydrogen) atoms. The zero-order valence-electron chi connectivity index (χ0n) is 15.7. The third-order valence-electron chi connectivity index (χ3n) is 4.45. The highest BCUT2D eigenvalue weighted by Crippen LogP contribution is 2.30. The van der Waals surface area contributed by atoms with Crippen LogP contribution in [-0.4, -0.2) is 54.4 Å². The number of nitrogens with one attached hydrogen (secondary N) is 1. The van der Waals surface area contributed by atoms with Crippen molar-refractivity contribution in [1.82, 2.24) is 15.2 Å². The molecule has 0 radical (unpaired) electrons. The summed E-state index contributed by atoms with van der Waals surface area (Å²) in [6.45, 7) is 4.77. The molecule has 0 aliphatic carbocycles. The monoisotopic (exact) mass is 386 g/mol. The molecule has 1 saturated heterocycles. The van der Waals surface area contributed by atoms with Gasteiger partial charge in [-0.1, -0.05) is 0 Å². The summed E-state index contributed by atoms with van der Waals surface area (Å²) in [5, 5.41) is 2.75. The maximum absolute atomic E-state index is 12.6. The van der Waals surface area contributed by atoms with Crippen molar-refractivity contribution in [1.29, 1.82) is 0 Å². The number of amides is 2. The van der Waals surface area contributed by atoms with E-state index in [0.717, 1.165) is 12.3 Å². The molecule has 9 heteroatoms. The first-order valence-corrected chi connectivity index (χ1v) is 8.90. The van der Waals surface area contributed by atoms with Crippen molar-refractivity contribution in [2.24, 2.45) is 5.92 Å². The van der Waals surface area contributed by atoms with Crippen molar-refractivity contribution in [3.8, 4) is 0 Å². The number of piperidine rings is 1. The van der Waals surface area contributed by atoms with E-state index in [4.69, 9.17) is 0 Å². The van der Waals surface area contributed by atoms with Gasteiger partial charge in [-0.25, -0.2) is 4.98 Å². The SMILES string of the molecule is CC(C)NC(=O)CN(C)C(=O)C1CCN(c2ccc(C(F)(F)F)cn2)CC1. The maximum atomic E-state index is 12.6. The van der Waals surface area contributed by atoms with E-state index in [2.05, 4.69) is 10.3 Å². The molecule has 0 saturated carbocycles. The van der Waals surface area contributed by atoms with Crippen molar-refractivity contribution in [3.05, 3.63) is 23.9 Å². The Morgan fingerprint density at radius 3 is 2.41 bits per heavy atom. The van der Waals surface area contributed by atoms with Gasteiger partial charge in [-0.3, -0.25) is 9.59 Å². The second kappa shape index (κ2) is 8.58. The highest BCUT2D eigenvalue weighted by Gasteiger charge is 2.32. The van der Waals surface area contributed by atoms with Crippen LogP contribution in [0, 0.1) is 5.92 Å². The van der Waals surface area contributed by atoms with Crippen LogP contribution in [0.15, 0.2) is 18.3 Å². The molecule has 2 rings (SSSR count). The number of anilines is 1. The predicted molar refractivity (Wildman–Crippen MR) is 95.1 cm³/mol. The molecule has 1 aliphatic rings. The number of hydrogen-bond donors (Lipinski definition) is 1. The molecule has 1 aliphatic heterocycles. The zero-order valence-corrected chi connectivity index (χ0v) is 15.7. The Bertz CT molecular complexity index is 654. The first kappa shape index (κ1) is 21.0. The average Bonchev–Trinajstić information content (AvgIpc) is 2.60. The quantitative estimate of drug-likeness (QED) is 0.843. The number of carbonyl (C=O) groups is 2. The molecule has 2 amide bonds. The molecule has 1 aromatic rings. The van der Waals surface area contributed by atoms with Crippen molar-refractivity contribution in [2.75, 3.05) is 31.6 Å². The lowest BCUT2D eigenvalue weighted by Gasteiger charge is -2.33. The van der Waals surface area contributed by atoms with E-state index in [1.807, 2.05) is 18.7 Å². The Labute approximate surface area is 156 Å². The van der Waals surface area contributed by atoms with Gasteiger partial charge in [-0.15, -0.1) is 0 Å². The fourth-order valence-corrected chi connectivity index (χ4v) is 3.07. The smallest absolute Gasteiger partial charge is 0.357 e. The summed E-state index contributed by atoms with van der Waals surface area (Å²) in [4.78, 5) is 31.5. The molecule has 2 heterocycles. The molecule has 150 valence electrons. The standard InChI is InChI=1S/C18H25F3N4O2/c1-12(2)23-16(26)11-24(3)17(27)13-6-8-25(9-7-13)15-5-4-14(10-22-15)18(19,20)21/h4-5,10,12-13H,6-9,11H2,1-3H3,(H,23,26). The first-order valence-electron chi connectivity index (χ1n) is 8.90. The molecule has 0 bridgehead atoms. The number of aromatic nitrogens is 1.